The second-order valence-corrected chi connectivity index (χ2v) is 5.90. The van der Waals surface area contributed by atoms with Crippen molar-refractivity contribution in [1.82, 2.24) is 9.78 Å². The molecule has 1 aliphatic heterocycles. The van der Waals surface area contributed by atoms with E-state index >= 15 is 0 Å². The molecule has 0 spiro atoms. The number of aliphatic imine (C=N–C) groups is 1. The number of nitrogens with one attached hydrogen (secondary N) is 1. The molecule has 0 atom stereocenters. The molecule has 0 fully saturated rings. The molecule has 0 bridgehead atoms. The van der Waals surface area contributed by atoms with E-state index in [1.165, 1.54) is 0 Å². The zero-order valence-corrected chi connectivity index (χ0v) is 13.6. The van der Waals surface area contributed by atoms with Gasteiger partial charge in [0.1, 0.15) is 0 Å². The summed E-state index contributed by atoms with van der Waals surface area (Å²) in [6.07, 6.45) is 1.94. The van der Waals surface area contributed by atoms with E-state index in [0.29, 0.717) is 5.56 Å². The third kappa shape index (κ3) is 2.24. The van der Waals surface area contributed by atoms with E-state index in [0.717, 1.165) is 33.9 Å². The number of hydrogen-bond donors (Lipinski definition) is 1. The molecule has 2 heterocycles. The van der Waals surface area contributed by atoms with Gasteiger partial charge in [-0.2, -0.15) is 0 Å². The summed E-state index contributed by atoms with van der Waals surface area (Å²) in [6.45, 7) is 3.89. The number of fused-ring (bicyclic) bond motifs is 1. The van der Waals surface area contributed by atoms with Gasteiger partial charge in [0.25, 0.3) is 5.56 Å². The van der Waals surface area contributed by atoms with Crippen molar-refractivity contribution in [2.75, 3.05) is 0 Å². The molecule has 0 amide bonds. The molecular weight excluding hydrogens is 298 g/mol. The van der Waals surface area contributed by atoms with Crippen LogP contribution in [0.4, 0.5) is 5.69 Å². The summed E-state index contributed by atoms with van der Waals surface area (Å²) in [5, 5.41) is 3.16. The molecule has 0 unspecified atom stereocenters. The fourth-order valence-corrected chi connectivity index (χ4v) is 3.05. The summed E-state index contributed by atoms with van der Waals surface area (Å²) in [6, 6.07) is 17.6. The van der Waals surface area contributed by atoms with Gasteiger partial charge < -0.3 is 0 Å². The first-order chi connectivity index (χ1) is 11.6. The van der Waals surface area contributed by atoms with Gasteiger partial charge >= 0.3 is 0 Å². The van der Waals surface area contributed by atoms with E-state index in [4.69, 9.17) is 0 Å². The number of nitrogens with zero attached hydrogens (tertiary/aromatic N) is 2. The first-order valence-electron chi connectivity index (χ1n) is 7.89. The first-order valence-corrected chi connectivity index (χ1v) is 7.89. The molecule has 1 aliphatic rings. The lowest BCUT2D eigenvalue weighted by Gasteiger charge is -2.00. The Kier molecular flexibility index (Phi) is 3.31. The highest BCUT2D eigenvalue weighted by molar-refractivity contribution is 6.31. The van der Waals surface area contributed by atoms with Crippen molar-refractivity contribution in [3.05, 3.63) is 81.8 Å². The molecule has 118 valence electrons. The van der Waals surface area contributed by atoms with Crippen LogP contribution in [0.5, 0.6) is 0 Å². The van der Waals surface area contributed by atoms with Crippen molar-refractivity contribution >= 4 is 23.0 Å². The van der Waals surface area contributed by atoms with Gasteiger partial charge in [-0.05, 0) is 38.1 Å². The highest BCUT2D eigenvalue weighted by Crippen LogP contribution is 2.35. The quantitative estimate of drug-likeness (QED) is 0.760. The Balaban J connectivity index is 1.87. The Hall–Kier alpha value is -3.14. The van der Waals surface area contributed by atoms with Crippen molar-refractivity contribution in [1.29, 1.82) is 0 Å². The molecule has 4 rings (SSSR count). The number of aromatic amines is 1. The van der Waals surface area contributed by atoms with Crippen LogP contribution in [0.1, 0.15) is 23.7 Å². The molecule has 2 aromatic carbocycles. The molecule has 0 saturated heterocycles. The Labute approximate surface area is 139 Å². The van der Waals surface area contributed by atoms with Crippen LogP contribution in [0, 0.1) is 6.92 Å². The van der Waals surface area contributed by atoms with Gasteiger partial charge in [0.15, 0.2) is 0 Å². The molecule has 0 radical (unpaired) electrons. The molecule has 1 N–H and O–H groups in total. The highest BCUT2D eigenvalue weighted by Gasteiger charge is 2.19. The summed E-state index contributed by atoms with van der Waals surface area (Å²) in [4.78, 5) is 17.4. The lowest BCUT2D eigenvalue weighted by atomic mass is 10.0. The van der Waals surface area contributed by atoms with Gasteiger partial charge in [-0.15, -0.1) is 0 Å². The van der Waals surface area contributed by atoms with E-state index in [-0.39, 0.29) is 5.56 Å². The normalized spacial score (nSPS) is 14.8. The maximum Gasteiger partial charge on any atom is 0.278 e. The van der Waals surface area contributed by atoms with E-state index in [9.17, 15) is 4.79 Å². The smallest absolute Gasteiger partial charge is 0.278 e. The monoisotopic (exact) mass is 315 g/mol. The van der Waals surface area contributed by atoms with Crippen LogP contribution in [-0.4, -0.2) is 15.5 Å². The van der Waals surface area contributed by atoms with Gasteiger partial charge in [0.05, 0.1) is 16.9 Å². The van der Waals surface area contributed by atoms with Gasteiger partial charge in [-0.3, -0.25) is 14.9 Å². The Bertz CT molecular complexity index is 1040. The molecule has 24 heavy (non-hydrogen) atoms. The maximum atomic E-state index is 12.8. The standard InChI is InChI=1S/C20H17N3O/c1-13-17(16-10-6-7-11-19(16)21-13)12-18-14(2)22-23(20(18)24)15-8-4-3-5-9-15/h3-12,22H,1-2H3/b17-12+. The lowest BCUT2D eigenvalue weighted by Crippen LogP contribution is -2.15. The minimum atomic E-state index is -0.0524. The van der Waals surface area contributed by atoms with Crippen molar-refractivity contribution < 1.29 is 0 Å². The van der Waals surface area contributed by atoms with Crippen LogP contribution < -0.4 is 5.56 Å². The molecule has 3 aromatic rings. The Morgan fingerprint density at radius 2 is 1.71 bits per heavy atom. The number of para-hydroxylation sites is 2. The maximum absolute atomic E-state index is 12.8. The third-order valence-electron chi connectivity index (χ3n) is 4.29. The minimum Gasteiger partial charge on any atom is -0.295 e. The van der Waals surface area contributed by atoms with Crippen LogP contribution in [0.15, 0.2) is 64.4 Å². The number of allylic oxidation sites excluding steroid dienone is 1. The Morgan fingerprint density at radius 3 is 2.50 bits per heavy atom. The molecular formula is C20H17N3O. The predicted octanol–water partition coefficient (Wildman–Crippen LogP) is 4.12. The topological polar surface area (TPSA) is 50.1 Å². The van der Waals surface area contributed by atoms with Gasteiger partial charge in [0.2, 0.25) is 0 Å². The molecule has 4 heteroatoms. The Morgan fingerprint density at radius 1 is 1.00 bits per heavy atom. The largest absolute Gasteiger partial charge is 0.295 e. The molecule has 4 nitrogen and oxygen atoms in total. The second-order valence-electron chi connectivity index (χ2n) is 5.90. The third-order valence-corrected chi connectivity index (χ3v) is 4.29. The average Bonchev–Trinajstić information content (AvgIpc) is 3.07. The summed E-state index contributed by atoms with van der Waals surface area (Å²) in [7, 11) is 0. The van der Waals surface area contributed by atoms with Crippen molar-refractivity contribution in [2.24, 2.45) is 4.99 Å². The number of benzene rings is 2. The van der Waals surface area contributed by atoms with Crippen molar-refractivity contribution in [3.63, 3.8) is 0 Å². The SMILES string of the molecule is CC1=Nc2ccccc2/C1=C/c1c(C)[nH]n(-c2ccccc2)c1=O. The molecule has 0 saturated carbocycles. The number of rotatable bonds is 2. The zero-order valence-electron chi connectivity index (χ0n) is 13.6. The summed E-state index contributed by atoms with van der Waals surface area (Å²) < 4.78 is 1.58. The zero-order chi connectivity index (χ0) is 16.7. The summed E-state index contributed by atoms with van der Waals surface area (Å²) >= 11 is 0. The van der Waals surface area contributed by atoms with E-state index in [1.54, 1.807) is 4.68 Å². The number of hydrogen-bond acceptors (Lipinski definition) is 2. The van der Waals surface area contributed by atoms with Crippen LogP contribution in [0.2, 0.25) is 0 Å². The van der Waals surface area contributed by atoms with Gasteiger partial charge in [-0.25, -0.2) is 4.68 Å². The molecule has 1 aromatic heterocycles. The number of H-pyrrole nitrogens is 1. The van der Waals surface area contributed by atoms with Crippen LogP contribution in [0.3, 0.4) is 0 Å². The van der Waals surface area contributed by atoms with Crippen molar-refractivity contribution in [2.45, 2.75) is 13.8 Å². The van der Waals surface area contributed by atoms with Crippen LogP contribution >= 0.6 is 0 Å². The fraction of sp³-hybridized carbons (Fsp3) is 0.100. The highest BCUT2D eigenvalue weighted by atomic mass is 16.1. The van der Waals surface area contributed by atoms with E-state index in [1.807, 2.05) is 74.5 Å². The minimum absolute atomic E-state index is 0.0524. The number of aromatic nitrogens is 2. The van der Waals surface area contributed by atoms with Crippen molar-refractivity contribution in [3.8, 4) is 5.69 Å². The predicted molar refractivity (Wildman–Crippen MR) is 98.2 cm³/mol. The van der Waals surface area contributed by atoms with Crippen LogP contribution in [-0.2, 0) is 0 Å². The average molecular weight is 315 g/mol. The summed E-state index contributed by atoms with van der Waals surface area (Å²) in [5.74, 6) is 0. The van der Waals surface area contributed by atoms with Gasteiger partial charge in [-0.1, -0.05) is 36.4 Å². The molecule has 0 aliphatic carbocycles. The number of aryl methyl sites for hydroxylation is 1. The summed E-state index contributed by atoms with van der Waals surface area (Å²) in [5.41, 5.74) is 6.25. The van der Waals surface area contributed by atoms with Gasteiger partial charge in [0, 0.05) is 22.5 Å². The van der Waals surface area contributed by atoms with Crippen LogP contribution in [0.25, 0.3) is 17.3 Å². The first kappa shape index (κ1) is 14.5. The van der Waals surface area contributed by atoms with E-state index < -0.39 is 0 Å². The fourth-order valence-electron chi connectivity index (χ4n) is 3.05. The van der Waals surface area contributed by atoms with E-state index in [2.05, 4.69) is 10.1 Å². The lowest BCUT2D eigenvalue weighted by molar-refractivity contribution is 0.835. The second kappa shape index (κ2) is 5.49.